The van der Waals surface area contributed by atoms with Crippen molar-refractivity contribution in [2.45, 2.75) is 85.2 Å². The van der Waals surface area contributed by atoms with Crippen molar-refractivity contribution in [2.24, 2.45) is 17.9 Å². The first-order valence-corrected chi connectivity index (χ1v) is 14.1. The molecule has 2 atom stereocenters. The first kappa shape index (κ1) is 27.2. The SMILES string of the molecule is Cn1c(=O)n(CC(C)(C)C)c2ccc(C3CCC(C)(C)C(NC(=O)c4cccc(N5CCCC5=O)c4)C3)nc21. The highest BCUT2D eigenvalue weighted by atomic mass is 16.2. The first-order valence-electron chi connectivity index (χ1n) is 14.1. The molecule has 8 heteroatoms. The number of hydrogen-bond acceptors (Lipinski definition) is 4. The maximum absolute atomic E-state index is 13.4. The fraction of sp³-hybridized carbons (Fsp3) is 0.548. The van der Waals surface area contributed by atoms with Crippen LogP contribution in [-0.4, -0.2) is 38.5 Å². The number of rotatable bonds is 5. The lowest BCUT2D eigenvalue weighted by atomic mass is 9.68. The predicted molar refractivity (Wildman–Crippen MR) is 154 cm³/mol. The third kappa shape index (κ3) is 5.38. The van der Waals surface area contributed by atoms with Gasteiger partial charge in [-0.05, 0) is 66.8 Å². The molecule has 1 aliphatic heterocycles. The number of pyridine rings is 1. The van der Waals surface area contributed by atoms with Gasteiger partial charge in [0.25, 0.3) is 5.91 Å². The van der Waals surface area contributed by atoms with Gasteiger partial charge in [-0.2, -0.15) is 0 Å². The summed E-state index contributed by atoms with van der Waals surface area (Å²) < 4.78 is 3.47. The van der Waals surface area contributed by atoms with E-state index in [1.807, 2.05) is 34.9 Å². The summed E-state index contributed by atoms with van der Waals surface area (Å²) in [6.45, 7) is 12.1. The summed E-state index contributed by atoms with van der Waals surface area (Å²) in [6.07, 6.45) is 4.11. The summed E-state index contributed by atoms with van der Waals surface area (Å²) in [5, 5.41) is 3.31. The molecule has 1 saturated carbocycles. The molecule has 0 radical (unpaired) electrons. The number of anilines is 1. The number of nitrogens with one attached hydrogen (secondary N) is 1. The normalized spacial score (nSPS) is 21.5. The number of aromatic nitrogens is 3. The molecule has 2 aromatic heterocycles. The van der Waals surface area contributed by atoms with Crippen molar-refractivity contribution in [1.29, 1.82) is 0 Å². The van der Waals surface area contributed by atoms with Crippen LogP contribution in [0.25, 0.3) is 11.2 Å². The zero-order valence-corrected chi connectivity index (χ0v) is 24.1. The van der Waals surface area contributed by atoms with Crippen LogP contribution in [-0.2, 0) is 18.4 Å². The Morgan fingerprint density at radius 3 is 2.62 bits per heavy atom. The fourth-order valence-corrected chi connectivity index (χ4v) is 6.08. The zero-order chi connectivity index (χ0) is 28.1. The minimum absolute atomic E-state index is 0.0271. The van der Waals surface area contributed by atoms with Crippen molar-refractivity contribution in [3.8, 4) is 0 Å². The maximum Gasteiger partial charge on any atom is 0.330 e. The lowest BCUT2D eigenvalue weighted by molar-refractivity contribution is -0.117. The largest absolute Gasteiger partial charge is 0.349 e. The van der Waals surface area contributed by atoms with E-state index in [2.05, 4.69) is 46.0 Å². The Bertz CT molecular complexity index is 1480. The number of carbonyl (C=O) groups is 2. The third-order valence-electron chi connectivity index (χ3n) is 8.45. The maximum atomic E-state index is 13.4. The Hall–Kier alpha value is -3.42. The van der Waals surface area contributed by atoms with Gasteiger partial charge in [0.15, 0.2) is 5.65 Å². The molecule has 39 heavy (non-hydrogen) atoms. The molecule has 8 nitrogen and oxygen atoms in total. The number of aryl methyl sites for hydroxylation is 1. The highest BCUT2D eigenvalue weighted by Gasteiger charge is 2.38. The lowest BCUT2D eigenvalue weighted by Crippen LogP contribution is -2.48. The molecule has 1 N–H and O–H groups in total. The molecule has 1 aromatic carbocycles. The number of imidazole rings is 1. The second-order valence-corrected chi connectivity index (χ2v) is 13.3. The molecule has 1 saturated heterocycles. The molecule has 3 aromatic rings. The standard InChI is InChI=1S/C31H41N5O3/c1-30(2,3)19-36-24-13-12-23(32-27(24)34(6)29(36)39)20-14-15-31(4,5)25(18-20)33-28(38)21-9-7-10-22(17-21)35-16-8-11-26(35)37/h7,9-10,12-13,17,20,25H,8,11,14-16,18-19H2,1-6H3,(H,33,38). The van der Waals surface area contributed by atoms with Crippen LogP contribution in [0.15, 0.2) is 41.2 Å². The molecule has 208 valence electrons. The second kappa shape index (κ2) is 9.96. The van der Waals surface area contributed by atoms with E-state index in [-0.39, 0.29) is 40.3 Å². The van der Waals surface area contributed by atoms with Crippen LogP contribution in [0.2, 0.25) is 0 Å². The van der Waals surface area contributed by atoms with Crippen LogP contribution < -0.4 is 15.9 Å². The third-order valence-corrected chi connectivity index (χ3v) is 8.45. The van der Waals surface area contributed by atoms with Crippen LogP contribution in [0.3, 0.4) is 0 Å². The van der Waals surface area contributed by atoms with Crippen molar-refractivity contribution in [3.05, 3.63) is 58.1 Å². The van der Waals surface area contributed by atoms with Crippen LogP contribution in [0, 0.1) is 10.8 Å². The topological polar surface area (TPSA) is 89.2 Å². The van der Waals surface area contributed by atoms with Crippen LogP contribution in [0.4, 0.5) is 5.69 Å². The van der Waals surface area contributed by atoms with E-state index >= 15 is 0 Å². The first-order chi connectivity index (χ1) is 18.3. The van der Waals surface area contributed by atoms with Gasteiger partial charge in [-0.15, -0.1) is 0 Å². The van der Waals surface area contributed by atoms with E-state index in [1.165, 1.54) is 0 Å². The quantitative estimate of drug-likeness (QED) is 0.502. The monoisotopic (exact) mass is 531 g/mol. The number of hydrogen-bond donors (Lipinski definition) is 1. The van der Waals surface area contributed by atoms with Gasteiger partial charge in [0.05, 0.1) is 5.52 Å². The van der Waals surface area contributed by atoms with E-state index in [9.17, 15) is 14.4 Å². The number of amides is 2. The number of carbonyl (C=O) groups excluding carboxylic acids is 2. The minimum atomic E-state index is -0.118. The molecule has 2 aliphatic rings. The van der Waals surface area contributed by atoms with Gasteiger partial charge in [0, 0.05) is 55.5 Å². The van der Waals surface area contributed by atoms with Gasteiger partial charge < -0.3 is 10.2 Å². The molecule has 0 bridgehead atoms. The fourth-order valence-electron chi connectivity index (χ4n) is 6.08. The van der Waals surface area contributed by atoms with Gasteiger partial charge in [0.1, 0.15) is 0 Å². The van der Waals surface area contributed by atoms with Gasteiger partial charge in [-0.1, -0.05) is 40.7 Å². The summed E-state index contributed by atoms with van der Waals surface area (Å²) in [7, 11) is 1.79. The second-order valence-electron chi connectivity index (χ2n) is 13.3. The molecule has 2 amide bonds. The number of nitrogens with zero attached hydrogens (tertiary/aromatic N) is 4. The highest BCUT2D eigenvalue weighted by Crippen LogP contribution is 2.42. The molecule has 3 heterocycles. The molecule has 1 aliphatic carbocycles. The summed E-state index contributed by atoms with van der Waals surface area (Å²) in [6, 6.07) is 11.4. The zero-order valence-electron chi connectivity index (χ0n) is 24.1. The average Bonchev–Trinajstić information content (AvgIpc) is 3.41. The van der Waals surface area contributed by atoms with Crippen LogP contribution in [0.1, 0.15) is 88.7 Å². The minimum Gasteiger partial charge on any atom is -0.349 e. The van der Waals surface area contributed by atoms with Crippen molar-refractivity contribution >= 4 is 28.7 Å². The molecule has 2 unspecified atom stereocenters. The van der Waals surface area contributed by atoms with Gasteiger partial charge >= 0.3 is 5.69 Å². The molecular weight excluding hydrogens is 490 g/mol. The Balaban J connectivity index is 1.37. The molecule has 2 fully saturated rings. The van der Waals surface area contributed by atoms with Gasteiger partial charge in [0.2, 0.25) is 5.91 Å². The predicted octanol–water partition coefficient (Wildman–Crippen LogP) is 5.00. The molecular formula is C31H41N5O3. The average molecular weight is 532 g/mol. The summed E-state index contributed by atoms with van der Waals surface area (Å²) in [5.74, 6) is 0.175. The van der Waals surface area contributed by atoms with Crippen LogP contribution >= 0.6 is 0 Å². The van der Waals surface area contributed by atoms with E-state index < -0.39 is 0 Å². The van der Waals surface area contributed by atoms with Crippen molar-refractivity contribution < 1.29 is 9.59 Å². The van der Waals surface area contributed by atoms with Gasteiger partial charge in [-0.3, -0.25) is 18.7 Å². The Morgan fingerprint density at radius 2 is 1.92 bits per heavy atom. The van der Waals surface area contributed by atoms with E-state index in [1.54, 1.807) is 16.5 Å². The smallest absolute Gasteiger partial charge is 0.330 e. The van der Waals surface area contributed by atoms with E-state index in [0.717, 1.165) is 42.6 Å². The number of fused-ring (bicyclic) bond motifs is 1. The van der Waals surface area contributed by atoms with E-state index in [0.29, 0.717) is 30.7 Å². The molecule has 0 spiro atoms. The van der Waals surface area contributed by atoms with E-state index in [4.69, 9.17) is 4.98 Å². The summed E-state index contributed by atoms with van der Waals surface area (Å²) in [5.41, 5.74) is 3.75. The summed E-state index contributed by atoms with van der Waals surface area (Å²) in [4.78, 5) is 45.3. The Labute approximate surface area is 230 Å². The number of benzene rings is 1. The van der Waals surface area contributed by atoms with Crippen molar-refractivity contribution in [1.82, 2.24) is 19.4 Å². The summed E-state index contributed by atoms with van der Waals surface area (Å²) >= 11 is 0. The highest BCUT2D eigenvalue weighted by molar-refractivity contribution is 5.99. The Morgan fingerprint density at radius 1 is 1.15 bits per heavy atom. The van der Waals surface area contributed by atoms with Crippen LogP contribution in [0.5, 0.6) is 0 Å². The van der Waals surface area contributed by atoms with Gasteiger partial charge in [-0.25, -0.2) is 9.78 Å². The molecule has 5 rings (SSSR count). The van der Waals surface area contributed by atoms with Crippen molar-refractivity contribution in [2.75, 3.05) is 11.4 Å². The Kier molecular flexibility index (Phi) is 6.93. The van der Waals surface area contributed by atoms with Crippen molar-refractivity contribution in [3.63, 3.8) is 0 Å². The lowest BCUT2D eigenvalue weighted by Gasteiger charge is -2.42.